The van der Waals surface area contributed by atoms with Gasteiger partial charge in [0.2, 0.25) is 0 Å². The molecule has 2 N–H and O–H groups in total. The first kappa shape index (κ1) is 8.14. The van der Waals surface area contributed by atoms with E-state index in [2.05, 4.69) is 24.5 Å². The summed E-state index contributed by atoms with van der Waals surface area (Å²) in [6, 6.07) is 6.73. The molecule has 1 aliphatic rings. The second-order valence-corrected chi connectivity index (χ2v) is 4.02. The van der Waals surface area contributed by atoms with Gasteiger partial charge in [0, 0.05) is 10.9 Å². The lowest BCUT2D eigenvalue weighted by Gasteiger charge is -2.06. The number of hydrogen-bond donors (Lipinski definition) is 1. The molecule has 0 aromatic heterocycles. The first-order valence-corrected chi connectivity index (χ1v) is 5.46. The normalized spacial score (nSPS) is 21.0. The highest BCUT2D eigenvalue weighted by Gasteiger charge is 2.20. The molecule has 0 saturated carbocycles. The average molecular weight is 179 g/mol. The average Bonchev–Trinajstić information content (AvgIpc) is 2.48. The van der Waals surface area contributed by atoms with Gasteiger partial charge in [0.25, 0.3) is 0 Å². The third-order valence-electron chi connectivity index (χ3n) is 2.49. The van der Waals surface area contributed by atoms with Crippen LogP contribution >= 0.6 is 11.8 Å². The number of rotatable bonds is 1. The molecule has 12 heavy (non-hydrogen) atoms. The molecule has 0 unspecified atom stereocenters. The largest absolute Gasteiger partial charge is 0.324 e. The van der Waals surface area contributed by atoms with E-state index in [-0.39, 0.29) is 6.04 Å². The van der Waals surface area contributed by atoms with Crippen molar-refractivity contribution in [1.29, 1.82) is 0 Å². The molecule has 0 bridgehead atoms. The molecule has 0 spiro atoms. The molecule has 0 heterocycles. The van der Waals surface area contributed by atoms with Crippen LogP contribution < -0.4 is 5.73 Å². The zero-order valence-corrected chi connectivity index (χ0v) is 8.03. The molecule has 1 aromatic rings. The summed E-state index contributed by atoms with van der Waals surface area (Å²) in [5.41, 5.74) is 8.81. The molecule has 1 aliphatic carbocycles. The van der Waals surface area contributed by atoms with Gasteiger partial charge in [-0.2, -0.15) is 0 Å². The zero-order chi connectivity index (χ0) is 8.55. The number of benzene rings is 1. The second kappa shape index (κ2) is 3.11. The minimum absolute atomic E-state index is 0.284. The first-order chi connectivity index (χ1) is 5.83. The minimum atomic E-state index is 0.284. The zero-order valence-electron chi connectivity index (χ0n) is 7.21. The Kier molecular flexibility index (Phi) is 2.11. The summed E-state index contributed by atoms with van der Waals surface area (Å²) < 4.78 is 0. The highest BCUT2D eigenvalue weighted by Crippen LogP contribution is 2.34. The van der Waals surface area contributed by atoms with Crippen molar-refractivity contribution in [1.82, 2.24) is 0 Å². The Hall–Kier alpha value is -0.470. The summed E-state index contributed by atoms with van der Waals surface area (Å²) in [4.78, 5) is 1.40. The standard InChI is InChI=1S/C10H13NS/c1-12-10-4-2-3-7-8(10)5-6-9(7)11/h2-4,9H,5-6,11H2,1H3/t9-/m1/s1. The summed E-state index contributed by atoms with van der Waals surface area (Å²) >= 11 is 1.82. The van der Waals surface area contributed by atoms with Crippen molar-refractivity contribution in [3.8, 4) is 0 Å². The predicted octanol–water partition coefficient (Wildman–Crippen LogP) is 2.35. The molecule has 2 heteroatoms. The lowest BCUT2D eigenvalue weighted by molar-refractivity contribution is 0.713. The Morgan fingerprint density at radius 2 is 2.33 bits per heavy atom. The molecule has 1 aromatic carbocycles. The minimum Gasteiger partial charge on any atom is -0.324 e. The van der Waals surface area contributed by atoms with E-state index < -0.39 is 0 Å². The molecule has 64 valence electrons. The van der Waals surface area contributed by atoms with Crippen LogP contribution in [-0.4, -0.2) is 6.26 Å². The summed E-state index contributed by atoms with van der Waals surface area (Å²) in [5.74, 6) is 0. The first-order valence-electron chi connectivity index (χ1n) is 4.24. The Labute approximate surface area is 77.3 Å². The predicted molar refractivity (Wildman–Crippen MR) is 53.5 cm³/mol. The van der Waals surface area contributed by atoms with Gasteiger partial charge in [0.1, 0.15) is 0 Å². The van der Waals surface area contributed by atoms with Crippen molar-refractivity contribution in [2.75, 3.05) is 6.26 Å². The van der Waals surface area contributed by atoms with E-state index in [0.29, 0.717) is 0 Å². The Balaban J connectivity index is 2.50. The van der Waals surface area contributed by atoms with Crippen LogP contribution in [0.4, 0.5) is 0 Å². The fourth-order valence-corrected chi connectivity index (χ4v) is 2.53. The van der Waals surface area contributed by atoms with Gasteiger partial charge in [-0.15, -0.1) is 11.8 Å². The molecule has 0 saturated heterocycles. The van der Waals surface area contributed by atoms with Crippen LogP contribution in [0.25, 0.3) is 0 Å². The van der Waals surface area contributed by atoms with Gasteiger partial charge >= 0.3 is 0 Å². The lowest BCUT2D eigenvalue weighted by Crippen LogP contribution is -2.04. The molecule has 1 atom stereocenters. The highest BCUT2D eigenvalue weighted by molar-refractivity contribution is 7.98. The molecule has 0 radical (unpaired) electrons. The van der Waals surface area contributed by atoms with E-state index >= 15 is 0 Å². The van der Waals surface area contributed by atoms with E-state index in [1.165, 1.54) is 16.0 Å². The molecule has 0 amide bonds. The summed E-state index contributed by atoms with van der Waals surface area (Å²) in [6.45, 7) is 0. The summed E-state index contributed by atoms with van der Waals surface area (Å²) in [7, 11) is 0. The topological polar surface area (TPSA) is 26.0 Å². The van der Waals surface area contributed by atoms with Crippen LogP contribution in [0.5, 0.6) is 0 Å². The van der Waals surface area contributed by atoms with Crippen LogP contribution in [0, 0.1) is 0 Å². The monoisotopic (exact) mass is 179 g/mol. The van der Waals surface area contributed by atoms with Crippen molar-refractivity contribution < 1.29 is 0 Å². The fraction of sp³-hybridized carbons (Fsp3) is 0.400. The smallest absolute Gasteiger partial charge is 0.0301 e. The van der Waals surface area contributed by atoms with Gasteiger partial charge in [0.15, 0.2) is 0 Å². The summed E-state index contributed by atoms with van der Waals surface area (Å²) in [6.07, 6.45) is 4.40. The number of nitrogens with two attached hydrogens (primary N) is 1. The van der Waals surface area contributed by atoms with Crippen molar-refractivity contribution in [2.45, 2.75) is 23.8 Å². The maximum absolute atomic E-state index is 5.96. The van der Waals surface area contributed by atoms with Crippen LogP contribution in [0.15, 0.2) is 23.1 Å². The van der Waals surface area contributed by atoms with Gasteiger partial charge < -0.3 is 5.73 Å². The van der Waals surface area contributed by atoms with Crippen LogP contribution in [0.1, 0.15) is 23.6 Å². The van der Waals surface area contributed by atoms with E-state index in [9.17, 15) is 0 Å². The summed E-state index contributed by atoms with van der Waals surface area (Å²) in [5, 5.41) is 0. The van der Waals surface area contributed by atoms with E-state index in [0.717, 1.165) is 12.8 Å². The van der Waals surface area contributed by atoms with E-state index in [1.54, 1.807) is 0 Å². The van der Waals surface area contributed by atoms with Gasteiger partial charge in [-0.05, 0) is 36.3 Å². The third-order valence-corrected chi connectivity index (χ3v) is 3.32. The molecule has 1 nitrogen and oxygen atoms in total. The van der Waals surface area contributed by atoms with Gasteiger partial charge in [-0.25, -0.2) is 0 Å². The number of hydrogen-bond acceptors (Lipinski definition) is 2. The molecule has 0 aliphatic heterocycles. The van der Waals surface area contributed by atoms with Crippen molar-refractivity contribution >= 4 is 11.8 Å². The second-order valence-electron chi connectivity index (χ2n) is 3.17. The third kappa shape index (κ3) is 1.15. The highest BCUT2D eigenvalue weighted by atomic mass is 32.2. The van der Waals surface area contributed by atoms with Crippen molar-refractivity contribution in [3.63, 3.8) is 0 Å². The van der Waals surface area contributed by atoms with Crippen LogP contribution in [-0.2, 0) is 6.42 Å². The maximum Gasteiger partial charge on any atom is 0.0301 e. The Morgan fingerprint density at radius 1 is 1.50 bits per heavy atom. The van der Waals surface area contributed by atoms with Crippen molar-refractivity contribution in [2.24, 2.45) is 5.73 Å². The Bertz CT molecular complexity index is 296. The van der Waals surface area contributed by atoms with Gasteiger partial charge in [0.05, 0.1) is 0 Å². The van der Waals surface area contributed by atoms with Crippen molar-refractivity contribution in [3.05, 3.63) is 29.3 Å². The molecule has 2 rings (SSSR count). The van der Waals surface area contributed by atoms with Gasteiger partial charge in [-0.3, -0.25) is 0 Å². The molecule has 0 fully saturated rings. The molecular formula is C10H13NS. The Morgan fingerprint density at radius 3 is 3.08 bits per heavy atom. The maximum atomic E-state index is 5.96. The van der Waals surface area contributed by atoms with E-state index in [4.69, 9.17) is 5.73 Å². The quantitative estimate of drug-likeness (QED) is 0.670. The lowest BCUT2D eigenvalue weighted by atomic mass is 10.1. The molecular weight excluding hydrogens is 166 g/mol. The fourth-order valence-electron chi connectivity index (χ4n) is 1.84. The number of thioether (sulfide) groups is 1. The number of fused-ring (bicyclic) bond motifs is 1. The van der Waals surface area contributed by atoms with Crippen LogP contribution in [0.3, 0.4) is 0 Å². The van der Waals surface area contributed by atoms with E-state index in [1.807, 2.05) is 11.8 Å². The van der Waals surface area contributed by atoms with Crippen LogP contribution in [0.2, 0.25) is 0 Å². The SMILES string of the molecule is CSc1cccc2c1CC[C@H]2N. The van der Waals surface area contributed by atoms with Gasteiger partial charge in [-0.1, -0.05) is 12.1 Å².